The lowest BCUT2D eigenvalue weighted by molar-refractivity contribution is -0.135. The molecular weight excluding hydrogens is 386 g/mol. The predicted molar refractivity (Wildman–Crippen MR) is 111 cm³/mol. The minimum Gasteiger partial charge on any atom is -0.490 e. The van der Waals surface area contributed by atoms with Crippen LogP contribution in [0.4, 0.5) is 0 Å². The first-order valence-corrected chi connectivity index (χ1v) is 9.42. The van der Waals surface area contributed by atoms with E-state index in [1.807, 2.05) is 13.0 Å². The van der Waals surface area contributed by atoms with Crippen molar-refractivity contribution in [2.75, 3.05) is 20.7 Å². The second-order valence-electron chi connectivity index (χ2n) is 6.56. The van der Waals surface area contributed by atoms with Gasteiger partial charge in [-0.2, -0.15) is 5.26 Å². The summed E-state index contributed by atoms with van der Waals surface area (Å²) in [6.07, 6.45) is 2.27. The lowest BCUT2D eigenvalue weighted by atomic mass is 10.1. The number of hydrogen-bond acceptors (Lipinski definition) is 6. The van der Waals surface area contributed by atoms with Crippen LogP contribution in [0.1, 0.15) is 25.2 Å². The molecule has 2 aromatic rings. The van der Waals surface area contributed by atoms with Crippen LogP contribution in [-0.2, 0) is 16.1 Å². The van der Waals surface area contributed by atoms with Crippen LogP contribution in [-0.4, -0.2) is 43.5 Å². The number of benzene rings is 1. The number of likely N-dealkylation sites (N-methyl/N-ethyl adjacent to an activating group) is 1. The summed E-state index contributed by atoms with van der Waals surface area (Å²) in [6, 6.07) is 10.3. The molecule has 0 aliphatic heterocycles. The molecule has 1 aromatic carbocycles. The van der Waals surface area contributed by atoms with Crippen molar-refractivity contribution in [1.82, 2.24) is 10.2 Å². The molecule has 1 N–H and O–H groups in total. The third kappa shape index (κ3) is 6.14. The molecule has 0 aliphatic rings. The topological polar surface area (TPSA) is 105 Å². The molecule has 0 spiro atoms. The molecule has 158 valence electrons. The Balaban J connectivity index is 2.19. The first-order chi connectivity index (χ1) is 14.3. The van der Waals surface area contributed by atoms with Gasteiger partial charge >= 0.3 is 0 Å². The van der Waals surface area contributed by atoms with E-state index in [-0.39, 0.29) is 18.0 Å². The summed E-state index contributed by atoms with van der Waals surface area (Å²) in [5.41, 5.74) is 0.524. The Kier molecular flexibility index (Phi) is 8.06. The highest BCUT2D eigenvalue weighted by molar-refractivity contribution is 6.01. The fraction of sp³-hybridized carbons (Fsp3) is 0.318. The standard InChI is InChI=1S/C22H25N3O5/c1-5-28-20-12-16(8-9-19(20)30-15(2)22(27)25(3)4)11-17(13-23)21(26)24-14-18-7-6-10-29-18/h6-12,15H,5,14H2,1-4H3,(H,24,26)/b17-11+. The Hall–Kier alpha value is -3.73. The van der Waals surface area contributed by atoms with E-state index < -0.39 is 12.0 Å². The van der Waals surface area contributed by atoms with Crippen molar-refractivity contribution < 1.29 is 23.5 Å². The number of carbonyl (C=O) groups excluding carboxylic acids is 2. The maximum atomic E-state index is 12.3. The highest BCUT2D eigenvalue weighted by Gasteiger charge is 2.19. The number of rotatable bonds is 9. The van der Waals surface area contributed by atoms with Crippen LogP contribution in [0.2, 0.25) is 0 Å². The minimum atomic E-state index is -0.692. The molecule has 1 aromatic heterocycles. The van der Waals surface area contributed by atoms with E-state index in [0.29, 0.717) is 29.4 Å². The Morgan fingerprint density at radius 2 is 2.07 bits per heavy atom. The fourth-order valence-corrected chi connectivity index (χ4v) is 2.58. The number of nitriles is 1. The van der Waals surface area contributed by atoms with Gasteiger partial charge in [0.1, 0.15) is 17.4 Å². The van der Waals surface area contributed by atoms with Crippen molar-refractivity contribution >= 4 is 17.9 Å². The van der Waals surface area contributed by atoms with Crippen LogP contribution in [0.5, 0.6) is 11.5 Å². The van der Waals surface area contributed by atoms with Gasteiger partial charge in [0.15, 0.2) is 17.6 Å². The molecule has 0 aliphatic carbocycles. The average molecular weight is 411 g/mol. The molecule has 2 amide bonds. The summed E-state index contributed by atoms with van der Waals surface area (Å²) >= 11 is 0. The van der Waals surface area contributed by atoms with Gasteiger partial charge in [0.05, 0.1) is 19.4 Å². The summed E-state index contributed by atoms with van der Waals surface area (Å²) in [7, 11) is 3.31. The van der Waals surface area contributed by atoms with Crippen LogP contribution in [0.25, 0.3) is 6.08 Å². The molecule has 0 saturated carbocycles. The molecule has 8 nitrogen and oxygen atoms in total. The van der Waals surface area contributed by atoms with Crippen molar-refractivity contribution in [3.05, 3.63) is 53.5 Å². The smallest absolute Gasteiger partial charge is 0.262 e. The Bertz CT molecular complexity index is 942. The van der Waals surface area contributed by atoms with Crippen molar-refractivity contribution in [2.45, 2.75) is 26.5 Å². The number of nitrogens with one attached hydrogen (secondary N) is 1. The normalized spacial score (nSPS) is 11.9. The summed E-state index contributed by atoms with van der Waals surface area (Å²) in [5.74, 6) is 0.705. The van der Waals surface area contributed by atoms with E-state index in [9.17, 15) is 14.9 Å². The zero-order valence-corrected chi connectivity index (χ0v) is 17.5. The summed E-state index contributed by atoms with van der Waals surface area (Å²) in [6.45, 7) is 4.04. The van der Waals surface area contributed by atoms with Crippen molar-refractivity contribution in [3.8, 4) is 17.6 Å². The number of hydrogen-bond donors (Lipinski definition) is 1. The first-order valence-electron chi connectivity index (χ1n) is 9.42. The number of amides is 2. The molecule has 1 unspecified atom stereocenters. The quantitative estimate of drug-likeness (QED) is 0.503. The van der Waals surface area contributed by atoms with Gasteiger partial charge in [0, 0.05) is 14.1 Å². The van der Waals surface area contributed by atoms with Crippen LogP contribution < -0.4 is 14.8 Å². The lowest BCUT2D eigenvalue weighted by Gasteiger charge is -2.20. The molecule has 0 bridgehead atoms. The second-order valence-corrected chi connectivity index (χ2v) is 6.56. The Morgan fingerprint density at radius 3 is 2.67 bits per heavy atom. The van der Waals surface area contributed by atoms with Crippen molar-refractivity contribution in [3.63, 3.8) is 0 Å². The maximum absolute atomic E-state index is 12.3. The maximum Gasteiger partial charge on any atom is 0.262 e. The van der Waals surface area contributed by atoms with Gasteiger partial charge in [-0.1, -0.05) is 6.07 Å². The van der Waals surface area contributed by atoms with Gasteiger partial charge in [-0.15, -0.1) is 0 Å². The number of carbonyl (C=O) groups is 2. The molecule has 0 fully saturated rings. The molecular formula is C22H25N3O5. The predicted octanol–water partition coefficient (Wildman–Crippen LogP) is 2.76. The average Bonchev–Trinajstić information content (AvgIpc) is 3.25. The summed E-state index contributed by atoms with van der Waals surface area (Å²) < 4.78 is 16.5. The van der Waals surface area contributed by atoms with E-state index in [1.54, 1.807) is 51.4 Å². The Morgan fingerprint density at radius 1 is 1.30 bits per heavy atom. The van der Waals surface area contributed by atoms with Crippen LogP contribution in [0.3, 0.4) is 0 Å². The number of furan rings is 1. The van der Waals surface area contributed by atoms with Gasteiger partial charge in [-0.3, -0.25) is 9.59 Å². The molecule has 0 radical (unpaired) electrons. The summed E-state index contributed by atoms with van der Waals surface area (Å²) in [4.78, 5) is 25.8. The third-order valence-electron chi connectivity index (χ3n) is 4.04. The number of nitrogens with zero attached hydrogens (tertiary/aromatic N) is 2. The van der Waals surface area contributed by atoms with Crippen LogP contribution >= 0.6 is 0 Å². The molecule has 8 heteroatoms. The van der Waals surface area contributed by atoms with E-state index in [1.165, 1.54) is 17.2 Å². The van der Waals surface area contributed by atoms with E-state index in [0.717, 1.165) is 0 Å². The van der Waals surface area contributed by atoms with Crippen molar-refractivity contribution in [2.24, 2.45) is 0 Å². The Labute approximate surface area is 175 Å². The SMILES string of the molecule is CCOc1cc(/C=C(\C#N)C(=O)NCc2ccco2)ccc1OC(C)C(=O)N(C)C. The molecule has 1 heterocycles. The molecule has 30 heavy (non-hydrogen) atoms. The fourth-order valence-electron chi connectivity index (χ4n) is 2.58. The largest absolute Gasteiger partial charge is 0.490 e. The van der Waals surface area contributed by atoms with E-state index >= 15 is 0 Å². The second kappa shape index (κ2) is 10.7. The third-order valence-corrected chi connectivity index (χ3v) is 4.04. The zero-order valence-electron chi connectivity index (χ0n) is 17.5. The highest BCUT2D eigenvalue weighted by atomic mass is 16.5. The molecule has 1 atom stereocenters. The van der Waals surface area contributed by atoms with Crippen LogP contribution in [0.15, 0.2) is 46.6 Å². The van der Waals surface area contributed by atoms with Gasteiger partial charge in [-0.25, -0.2) is 0 Å². The lowest BCUT2D eigenvalue weighted by Crippen LogP contribution is -2.35. The molecule has 0 saturated heterocycles. The molecule has 2 rings (SSSR count). The minimum absolute atomic E-state index is 0.0613. The van der Waals surface area contributed by atoms with E-state index in [4.69, 9.17) is 13.9 Å². The first kappa shape index (κ1) is 22.6. The van der Waals surface area contributed by atoms with Gasteiger partial charge in [0.2, 0.25) is 0 Å². The van der Waals surface area contributed by atoms with Gasteiger partial charge in [0.25, 0.3) is 11.8 Å². The van der Waals surface area contributed by atoms with Crippen LogP contribution in [0, 0.1) is 11.3 Å². The zero-order chi connectivity index (χ0) is 22.1. The van der Waals surface area contributed by atoms with E-state index in [2.05, 4.69) is 5.32 Å². The van der Waals surface area contributed by atoms with Gasteiger partial charge < -0.3 is 24.1 Å². The number of ether oxygens (including phenoxy) is 2. The van der Waals surface area contributed by atoms with Gasteiger partial charge in [-0.05, 0) is 49.8 Å². The monoisotopic (exact) mass is 411 g/mol. The summed E-state index contributed by atoms with van der Waals surface area (Å²) in [5, 5.41) is 12.0. The van der Waals surface area contributed by atoms with Crippen molar-refractivity contribution in [1.29, 1.82) is 5.26 Å². The highest BCUT2D eigenvalue weighted by Crippen LogP contribution is 2.30.